The summed E-state index contributed by atoms with van der Waals surface area (Å²) < 4.78 is 5.06. The summed E-state index contributed by atoms with van der Waals surface area (Å²) in [5.74, 6) is 0.789. The van der Waals surface area contributed by atoms with Crippen LogP contribution in [0, 0.1) is 13.0 Å². The lowest BCUT2D eigenvalue weighted by Gasteiger charge is -2.25. The van der Waals surface area contributed by atoms with Gasteiger partial charge in [-0.05, 0) is 18.9 Å². The van der Waals surface area contributed by atoms with Crippen molar-refractivity contribution in [3.8, 4) is 0 Å². The topological polar surface area (TPSA) is 12.5 Å². The zero-order chi connectivity index (χ0) is 7.56. The molecule has 0 aromatic rings. The van der Waals surface area contributed by atoms with Crippen LogP contribution in [0.3, 0.4) is 0 Å². The first-order valence-corrected chi connectivity index (χ1v) is 3.80. The first-order valence-electron chi connectivity index (χ1n) is 3.80. The molecule has 0 unspecified atom stereocenters. The standard InChI is InChI=1S/C8H16NO/c1-7-4-8(6-10-3)9(2)5-7/h7-8H,2,4-6H2,1,3H3/q-1/t7-,8-/m0/s1. The van der Waals surface area contributed by atoms with Crippen molar-refractivity contribution < 1.29 is 4.74 Å². The Morgan fingerprint density at radius 3 is 2.80 bits per heavy atom. The average molecular weight is 142 g/mol. The number of nitrogens with zero attached hydrogens (tertiary/aromatic N) is 1. The second-order valence-corrected chi connectivity index (χ2v) is 3.22. The van der Waals surface area contributed by atoms with Gasteiger partial charge in [-0.25, -0.2) is 0 Å². The fraction of sp³-hybridized carbons (Fsp3) is 0.875. The van der Waals surface area contributed by atoms with Crippen molar-refractivity contribution >= 4 is 0 Å². The van der Waals surface area contributed by atoms with Crippen molar-refractivity contribution in [2.75, 3.05) is 20.3 Å². The van der Waals surface area contributed by atoms with Gasteiger partial charge in [0.15, 0.2) is 0 Å². The predicted octanol–water partition coefficient (Wildman–Crippen LogP) is 1.13. The molecule has 2 heteroatoms. The van der Waals surface area contributed by atoms with E-state index in [-0.39, 0.29) is 0 Å². The summed E-state index contributed by atoms with van der Waals surface area (Å²) in [6.45, 7) is 4.20. The predicted molar refractivity (Wildman–Crippen MR) is 41.5 cm³/mol. The Labute approximate surface area is 63.2 Å². The van der Waals surface area contributed by atoms with Crippen molar-refractivity contribution in [2.45, 2.75) is 19.4 Å². The highest BCUT2D eigenvalue weighted by atomic mass is 16.5. The van der Waals surface area contributed by atoms with Crippen molar-refractivity contribution in [3.63, 3.8) is 0 Å². The first kappa shape index (κ1) is 8.02. The van der Waals surface area contributed by atoms with Gasteiger partial charge in [-0.1, -0.05) is 6.92 Å². The highest BCUT2D eigenvalue weighted by Crippen LogP contribution is 2.21. The van der Waals surface area contributed by atoms with E-state index in [0.29, 0.717) is 6.04 Å². The number of hydrogen-bond acceptors (Lipinski definition) is 2. The molecule has 0 spiro atoms. The van der Waals surface area contributed by atoms with E-state index in [2.05, 4.69) is 18.9 Å². The fourth-order valence-corrected chi connectivity index (χ4v) is 1.60. The van der Waals surface area contributed by atoms with E-state index >= 15 is 0 Å². The normalized spacial score (nSPS) is 35.1. The SMILES string of the molecule is [CH2-]N1C[C@@H](C)C[C@H]1COC. The Morgan fingerprint density at radius 2 is 2.40 bits per heavy atom. The molecular formula is C8H16NO-. The zero-order valence-electron chi connectivity index (χ0n) is 6.84. The Bertz CT molecular complexity index is 105. The highest BCUT2D eigenvalue weighted by molar-refractivity contribution is 4.82. The number of methoxy groups -OCH3 is 1. The molecule has 0 amide bonds. The molecule has 0 aliphatic carbocycles. The smallest absolute Gasteiger partial charge is 0.0594 e. The summed E-state index contributed by atoms with van der Waals surface area (Å²) in [5, 5.41) is 0. The molecule has 0 aromatic carbocycles. The largest absolute Gasteiger partial charge is 0.454 e. The molecule has 10 heavy (non-hydrogen) atoms. The van der Waals surface area contributed by atoms with Gasteiger partial charge in [0.1, 0.15) is 0 Å². The van der Waals surface area contributed by atoms with Gasteiger partial charge in [0.05, 0.1) is 6.61 Å². The van der Waals surface area contributed by atoms with Gasteiger partial charge in [0.2, 0.25) is 0 Å². The maximum atomic E-state index is 5.06. The third kappa shape index (κ3) is 1.70. The highest BCUT2D eigenvalue weighted by Gasteiger charge is 2.21. The molecule has 2 nitrogen and oxygen atoms in total. The van der Waals surface area contributed by atoms with Crippen LogP contribution in [-0.2, 0) is 4.74 Å². The molecule has 0 N–H and O–H groups in total. The zero-order valence-corrected chi connectivity index (χ0v) is 6.84. The quantitative estimate of drug-likeness (QED) is 0.536. The maximum absolute atomic E-state index is 5.06. The van der Waals surface area contributed by atoms with Crippen LogP contribution in [0.25, 0.3) is 0 Å². The maximum Gasteiger partial charge on any atom is 0.0594 e. The Hall–Kier alpha value is -0.0800. The van der Waals surface area contributed by atoms with Crippen molar-refractivity contribution in [1.29, 1.82) is 0 Å². The summed E-state index contributed by atoms with van der Waals surface area (Å²) in [6.07, 6.45) is 1.23. The number of likely N-dealkylation sites (tertiary alicyclic amines) is 1. The summed E-state index contributed by atoms with van der Waals surface area (Å²) in [7, 11) is 5.69. The summed E-state index contributed by atoms with van der Waals surface area (Å²) in [4.78, 5) is 2.13. The Balaban J connectivity index is 2.31. The number of hydrogen-bond donors (Lipinski definition) is 0. The van der Waals surface area contributed by atoms with Crippen LogP contribution in [0.15, 0.2) is 0 Å². The molecule has 2 atom stereocenters. The van der Waals surface area contributed by atoms with Gasteiger partial charge in [-0.15, -0.1) is 0 Å². The van der Waals surface area contributed by atoms with Gasteiger partial charge < -0.3 is 9.64 Å². The van der Waals surface area contributed by atoms with Crippen LogP contribution in [0.2, 0.25) is 0 Å². The van der Waals surface area contributed by atoms with Crippen LogP contribution in [0.5, 0.6) is 0 Å². The van der Waals surface area contributed by atoms with Crippen LogP contribution >= 0.6 is 0 Å². The molecule has 1 rings (SSSR count). The second kappa shape index (κ2) is 3.35. The lowest BCUT2D eigenvalue weighted by molar-refractivity contribution is 0.136. The minimum atomic E-state index is 0.556. The first-order chi connectivity index (χ1) is 4.74. The molecule has 1 heterocycles. The van der Waals surface area contributed by atoms with Crippen LogP contribution in [-0.4, -0.2) is 31.2 Å². The average Bonchev–Trinajstić information content (AvgIpc) is 2.13. The molecule has 0 radical (unpaired) electrons. The lowest BCUT2D eigenvalue weighted by atomic mass is 10.1. The third-order valence-electron chi connectivity index (χ3n) is 2.10. The molecule has 1 aliphatic rings. The van der Waals surface area contributed by atoms with Crippen LogP contribution in [0.1, 0.15) is 13.3 Å². The van der Waals surface area contributed by atoms with E-state index in [9.17, 15) is 0 Å². The Kier molecular flexibility index (Phi) is 2.69. The molecule has 1 saturated heterocycles. The van der Waals surface area contributed by atoms with Crippen LogP contribution < -0.4 is 0 Å². The summed E-state index contributed by atoms with van der Waals surface area (Å²) in [6, 6.07) is 0.556. The molecule has 1 aliphatic heterocycles. The van der Waals surface area contributed by atoms with E-state index in [0.717, 1.165) is 19.1 Å². The lowest BCUT2D eigenvalue weighted by Crippen LogP contribution is -2.26. The van der Waals surface area contributed by atoms with Crippen LogP contribution in [0.4, 0.5) is 0 Å². The van der Waals surface area contributed by atoms with E-state index in [1.54, 1.807) is 7.11 Å². The summed E-state index contributed by atoms with van der Waals surface area (Å²) in [5.41, 5.74) is 0. The van der Waals surface area contributed by atoms with Crippen molar-refractivity contribution in [1.82, 2.24) is 4.90 Å². The molecule has 1 fully saturated rings. The van der Waals surface area contributed by atoms with Gasteiger partial charge in [0, 0.05) is 13.2 Å². The minimum Gasteiger partial charge on any atom is -0.454 e. The van der Waals surface area contributed by atoms with Gasteiger partial charge in [0.25, 0.3) is 0 Å². The van der Waals surface area contributed by atoms with E-state index in [1.807, 2.05) is 0 Å². The molecular weight excluding hydrogens is 126 g/mol. The van der Waals surface area contributed by atoms with Gasteiger partial charge in [-0.2, -0.15) is 0 Å². The van der Waals surface area contributed by atoms with E-state index in [4.69, 9.17) is 4.74 Å². The monoisotopic (exact) mass is 142 g/mol. The van der Waals surface area contributed by atoms with E-state index < -0.39 is 0 Å². The third-order valence-corrected chi connectivity index (χ3v) is 2.10. The molecule has 0 bridgehead atoms. The fourth-order valence-electron chi connectivity index (χ4n) is 1.60. The second-order valence-electron chi connectivity index (χ2n) is 3.22. The number of rotatable bonds is 2. The summed E-state index contributed by atoms with van der Waals surface area (Å²) >= 11 is 0. The Morgan fingerprint density at radius 1 is 1.70 bits per heavy atom. The van der Waals surface area contributed by atoms with Gasteiger partial charge in [-0.3, -0.25) is 7.05 Å². The molecule has 0 saturated carbocycles. The van der Waals surface area contributed by atoms with Gasteiger partial charge >= 0.3 is 0 Å². The molecule has 0 aromatic heterocycles. The number of ether oxygens (including phenoxy) is 1. The van der Waals surface area contributed by atoms with Crippen molar-refractivity contribution in [3.05, 3.63) is 7.05 Å². The minimum absolute atomic E-state index is 0.556. The van der Waals surface area contributed by atoms with E-state index in [1.165, 1.54) is 6.42 Å². The molecule has 60 valence electrons. The van der Waals surface area contributed by atoms with Crippen molar-refractivity contribution in [2.24, 2.45) is 5.92 Å².